The monoisotopic (exact) mass is 346 g/mol. The Morgan fingerprint density at radius 3 is 2.92 bits per heavy atom. The molecule has 0 radical (unpaired) electrons. The van der Waals surface area contributed by atoms with E-state index in [4.69, 9.17) is 4.74 Å². The van der Waals surface area contributed by atoms with Crippen LogP contribution in [0.5, 0.6) is 5.75 Å². The van der Waals surface area contributed by atoms with Crippen LogP contribution < -0.4 is 10.1 Å². The molecule has 1 atom stereocenters. The Morgan fingerprint density at radius 1 is 1.44 bits per heavy atom. The van der Waals surface area contributed by atoms with Crippen LogP contribution in [0.4, 0.5) is 0 Å². The van der Waals surface area contributed by atoms with Gasteiger partial charge in [0.2, 0.25) is 0 Å². The van der Waals surface area contributed by atoms with Gasteiger partial charge in [-0.15, -0.1) is 0 Å². The number of guanidine groups is 1. The zero-order valence-electron chi connectivity index (χ0n) is 15.8. The molecule has 25 heavy (non-hydrogen) atoms. The molecule has 1 amide bonds. The first-order valence-electron chi connectivity index (χ1n) is 8.87. The summed E-state index contributed by atoms with van der Waals surface area (Å²) in [7, 11) is 5.27. The van der Waals surface area contributed by atoms with Crippen molar-refractivity contribution in [2.75, 3.05) is 40.8 Å². The maximum atomic E-state index is 11.6. The molecule has 6 heteroatoms. The standard InChI is InChI=1S/C19H30N4O2/c1-15-7-6-10-23(13-15)19(20-2)21-12-16-8-5-9-17(11-16)25-14-18(24)22(3)4/h5,8-9,11,15H,6-7,10,12-14H2,1-4H3,(H,20,21). The Bertz CT molecular complexity index is 601. The highest BCUT2D eigenvalue weighted by Gasteiger charge is 2.19. The van der Waals surface area contributed by atoms with Gasteiger partial charge < -0.3 is 19.9 Å². The molecule has 1 saturated heterocycles. The van der Waals surface area contributed by atoms with Crippen molar-refractivity contribution in [3.63, 3.8) is 0 Å². The second-order valence-electron chi connectivity index (χ2n) is 6.82. The van der Waals surface area contributed by atoms with Gasteiger partial charge in [-0.3, -0.25) is 9.79 Å². The molecule has 0 bridgehead atoms. The number of carbonyl (C=O) groups excluding carboxylic acids is 1. The first kappa shape index (κ1) is 19.1. The average molecular weight is 346 g/mol. The second kappa shape index (κ2) is 9.30. The van der Waals surface area contributed by atoms with Crippen LogP contribution in [0.1, 0.15) is 25.3 Å². The Balaban J connectivity index is 1.89. The lowest BCUT2D eigenvalue weighted by molar-refractivity contribution is -0.130. The molecule has 0 spiro atoms. The van der Waals surface area contributed by atoms with E-state index >= 15 is 0 Å². The fourth-order valence-corrected chi connectivity index (χ4v) is 2.91. The number of nitrogens with zero attached hydrogens (tertiary/aromatic N) is 3. The number of likely N-dealkylation sites (N-methyl/N-ethyl adjacent to an activating group) is 1. The quantitative estimate of drug-likeness (QED) is 0.654. The van der Waals surface area contributed by atoms with Crippen molar-refractivity contribution in [3.8, 4) is 5.75 Å². The molecule has 1 aliphatic heterocycles. The fourth-order valence-electron chi connectivity index (χ4n) is 2.91. The third-order valence-electron chi connectivity index (χ3n) is 4.38. The van der Waals surface area contributed by atoms with Crippen LogP contribution in [0.3, 0.4) is 0 Å². The lowest BCUT2D eigenvalue weighted by Gasteiger charge is -2.33. The summed E-state index contributed by atoms with van der Waals surface area (Å²) >= 11 is 0. The first-order valence-corrected chi connectivity index (χ1v) is 8.87. The van der Waals surface area contributed by atoms with Gasteiger partial charge in [-0.1, -0.05) is 19.1 Å². The van der Waals surface area contributed by atoms with Gasteiger partial charge in [0.15, 0.2) is 12.6 Å². The molecule has 138 valence electrons. The minimum Gasteiger partial charge on any atom is -0.484 e. The van der Waals surface area contributed by atoms with Gasteiger partial charge in [-0.05, 0) is 36.5 Å². The molecule has 1 aliphatic rings. The van der Waals surface area contributed by atoms with Crippen LogP contribution >= 0.6 is 0 Å². The van der Waals surface area contributed by atoms with E-state index in [0.29, 0.717) is 18.2 Å². The van der Waals surface area contributed by atoms with Crippen LogP contribution in [0, 0.1) is 5.92 Å². The minimum atomic E-state index is -0.0526. The summed E-state index contributed by atoms with van der Waals surface area (Å²) in [6.07, 6.45) is 2.50. The number of likely N-dealkylation sites (tertiary alicyclic amines) is 1. The van der Waals surface area contributed by atoms with Gasteiger partial charge in [0.25, 0.3) is 5.91 Å². The number of hydrogen-bond donors (Lipinski definition) is 1. The molecule has 0 saturated carbocycles. The number of piperidine rings is 1. The molecule has 1 unspecified atom stereocenters. The third-order valence-corrected chi connectivity index (χ3v) is 4.38. The maximum absolute atomic E-state index is 11.6. The number of aliphatic imine (C=N–C) groups is 1. The summed E-state index contributed by atoms with van der Waals surface area (Å²) in [5.74, 6) is 2.30. The van der Waals surface area contributed by atoms with Crippen LogP contribution in [-0.4, -0.2) is 62.5 Å². The zero-order chi connectivity index (χ0) is 18.2. The van der Waals surface area contributed by atoms with E-state index in [-0.39, 0.29) is 12.5 Å². The largest absolute Gasteiger partial charge is 0.484 e. The number of carbonyl (C=O) groups is 1. The van der Waals surface area contributed by atoms with Crippen LogP contribution in [-0.2, 0) is 11.3 Å². The van der Waals surface area contributed by atoms with Gasteiger partial charge in [0.1, 0.15) is 5.75 Å². The number of benzene rings is 1. The van der Waals surface area contributed by atoms with E-state index in [1.165, 1.54) is 17.7 Å². The summed E-state index contributed by atoms with van der Waals surface area (Å²) in [4.78, 5) is 19.9. The van der Waals surface area contributed by atoms with Crippen molar-refractivity contribution < 1.29 is 9.53 Å². The predicted molar refractivity (Wildman–Crippen MR) is 101 cm³/mol. The van der Waals surface area contributed by atoms with Gasteiger partial charge >= 0.3 is 0 Å². The summed E-state index contributed by atoms with van der Waals surface area (Å²) < 4.78 is 5.57. The zero-order valence-corrected chi connectivity index (χ0v) is 15.8. The Kier molecular flexibility index (Phi) is 7.10. The van der Waals surface area contributed by atoms with Crippen molar-refractivity contribution in [1.82, 2.24) is 15.1 Å². The van der Waals surface area contributed by atoms with Gasteiger partial charge in [0, 0.05) is 40.8 Å². The smallest absolute Gasteiger partial charge is 0.259 e. The highest BCUT2D eigenvalue weighted by atomic mass is 16.5. The SMILES string of the molecule is CN=C(NCc1cccc(OCC(=O)N(C)C)c1)N1CCCC(C)C1. The summed E-state index contributed by atoms with van der Waals surface area (Å²) in [5.41, 5.74) is 1.10. The normalized spacial score (nSPS) is 18.0. The molecule has 1 heterocycles. The molecule has 2 rings (SSSR count). The molecule has 1 fully saturated rings. The second-order valence-corrected chi connectivity index (χ2v) is 6.82. The summed E-state index contributed by atoms with van der Waals surface area (Å²) in [6, 6.07) is 7.81. The van der Waals surface area contributed by atoms with Crippen LogP contribution in [0.2, 0.25) is 0 Å². The maximum Gasteiger partial charge on any atom is 0.259 e. The molecular formula is C19H30N4O2. The van der Waals surface area contributed by atoms with E-state index in [2.05, 4.69) is 22.1 Å². The van der Waals surface area contributed by atoms with Crippen molar-refractivity contribution in [2.45, 2.75) is 26.3 Å². The van der Waals surface area contributed by atoms with Crippen molar-refractivity contribution >= 4 is 11.9 Å². The van der Waals surface area contributed by atoms with E-state index in [9.17, 15) is 4.79 Å². The highest BCUT2D eigenvalue weighted by molar-refractivity contribution is 5.80. The van der Waals surface area contributed by atoms with Crippen LogP contribution in [0.25, 0.3) is 0 Å². The summed E-state index contributed by atoms with van der Waals surface area (Å²) in [5, 5.41) is 3.43. The third kappa shape index (κ3) is 5.96. The number of nitrogens with one attached hydrogen (secondary N) is 1. The predicted octanol–water partition coefficient (Wildman–Crippen LogP) is 1.96. The molecule has 1 aromatic carbocycles. The highest BCUT2D eigenvalue weighted by Crippen LogP contribution is 2.16. The molecule has 0 aliphatic carbocycles. The minimum absolute atomic E-state index is 0.0526. The number of ether oxygens (including phenoxy) is 1. The van der Waals surface area contributed by atoms with Crippen LogP contribution in [0.15, 0.2) is 29.3 Å². The first-order chi connectivity index (χ1) is 12.0. The van der Waals surface area contributed by atoms with Gasteiger partial charge in [-0.25, -0.2) is 0 Å². The van der Waals surface area contributed by atoms with Crippen molar-refractivity contribution in [3.05, 3.63) is 29.8 Å². The van der Waals surface area contributed by atoms with E-state index in [1.807, 2.05) is 31.3 Å². The number of amides is 1. The molecular weight excluding hydrogens is 316 g/mol. The lowest BCUT2D eigenvalue weighted by Crippen LogP contribution is -2.45. The average Bonchev–Trinajstić information content (AvgIpc) is 2.60. The van der Waals surface area contributed by atoms with E-state index in [1.54, 1.807) is 14.1 Å². The Hall–Kier alpha value is -2.24. The molecule has 1 N–H and O–H groups in total. The molecule has 6 nitrogen and oxygen atoms in total. The van der Waals surface area contributed by atoms with Gasteiger partial charge in [-0.2, -0.15) is 0 Å². The van der Waals surface area contributed by atoms with E-state index < -0.39 is 0 Å². The summed E-state index contributed by atoms with van der Waals surface area (Å²) in [6.45, 7) is 5.12. The van der Waals surface area contributed by atoms with E-state index in [0.717, 1.165) is 24.6 Å². The molecule has 0 aromatic heterocycles. The molecule has 1 aromatic rings. The Morgan fingerprint density at radius 2 is 2.24 bits per heavy atom. The fraction of sp³-hybridized carbons (Fsp3) is 0.579. The topological polar surface area (TPSA) is 57.2 Å². The lowest BCUT2D eigenvalue weighted by atomic mass is 10.0. The van der Waals surface area contributed by atoms with Crippen molar-refractivity contribution in [2.24, 2.45) is 10.9 Å². The van der Waals surface area contributed by atoms with Crippen molar-refractivity contribution in [1.29, 1.82) is 0 Å². The number of hydrogen-bond acceptors (Lipinski definition) is 3. The Labute approximate surface area is 150 Å². The number of rotatable bonds is 5. The van der Waals surface area contributed by atoms with Gasteiger partial charge in [0.05, 0.1) is 0 Å².